The number of benzene rings is 1. The van der Waals surface area contributed by atoms with Crippen molar-refractivity contribution in [1.82, 2.24) is 10.6 Å². The van der Waals surface area contributed by atoms with E-state index >= 15 is 0 Å². The van der Waals surface area contributed by atoms with Crippen molar-refractivity contribution in [2.45, 2.75) is 18.9 Å². The maximum atomic E-state index is 11.9. The van der Waals surface area contributed by atoms with Gasteiger partial charge in [-0.1, -0.05) is 0 Å². The van der Waals surface area contributed by atoms with Crippen molar-refractivity contribution >= 4 is 17.9 Å². The topological polar surface area (TPSA) is 103 Å². The molecule has 1 aromatic carbocycles. The predicted octanol–water partition coefficient (Wildman–Crippen LogP) is 0.849. The van der Waals surface area contributed by atoms with E-state index in [4.69, 9.17) is 14.2 Å². The first-order valence-electron chi connectivity index (χ1n) is 7.03. The lowest BCUT2D eigenvalue weighted by Gasteiger charge is -2.09. The molecule has 0 bridgehead atoms. The van der Waals surface area contributed by atoms with Gasteiger partial charge in [0.15, 0.2) is 18.1 Å². The second kappa shape index (κ2) is 7.48. The first-order valence-corrected chi connectivity index (χ1v) is 7.03. The van der Waals surface area contributed by atoms with Gasteiger partial charge in [0.1, 0.15) is 0 Å². The number of nitrogens with one attached hydrogen (secondary N) is 2. The van der Waals surface area contributed by atoms with Crippen LogP contribution in [0.25, 0.3) is 0 Å². The van der Waals surface area contributed by atoms with E-state index in [-0.39, 0.29) is 11.6 Å². The highest BCUT2D eigenvalue weighted by Gasteiger charge is 2.24. The number of hydrogen-bond donors (Lipinski definition) is 2. The maximum Gasteiger partial charge on any atom is 0.338 e. The molecule has 0 saturated heterocycles. The molecule has 0 spiro atoms. The lowest BCUT2D eigenvalue weighted by molar-refractivity contribution is -0.123. The third-order valence-electron chi connectivity index (χ3n) is 3.12. The van der Waals surface area contributed by atoms with Gasteiger partial charge in [0, 0.05) is 6.04 Å². The Hall–Kier alpha value is -2.77. The molecule has 0 aliphatic heterocycles. The van der Waals surface area contributed by atoms with Gasteiger partial charge in [-0.25, -0.2) is 9.59 Å². The minimum Gasteiger partial charge on any atom is -0.493 e. The minimum absolute atomic E-state index is 0.136. The summed E-state index contributed by atoms with van der Waals surface area (Å²) in [5.74, 6) is -0.561. The van der Waals surface area contributed by atoms with E-state index in [2.05, 4.69) is 10.6 Å². The Morgan fingerprint density at radius 3 is 2.43 bits per heavy atom. The molecule has 1 saturated carbocycles. The number of ether oxygens (including phenoxy) is 3. The summed E-state index contributed by atoms with van der Waals surface area (Å²) >= 11 is 0. The summed E-state index contributed by atoms with van der Waals surface area (Å²) in [6, 6.07) is 4.04. The third-order valence-corrected chi connectivity index (χ3v) is 3.12. The molecule has 124 valence electrons. The van der Waals surface area contributed by atoms with Crippen molar-refractivity contribution in [1.29, 1.82) is 0 Å². The largest absolute Gasteiger partial charge is 0.493 e. The van der Waals surface area contributed by atoms with Crippen LogP contribution in [0.1, 0.15) is 23.2 Å². The maximum absolute atomic E-state index is 11.9. The number of amides is 3. The van der Waals surface area contributed by atoms with Crippen LogP contribution in [0.15, 0.2) is 18.2 Å². The number of hydrogen-bond acceptors (Lipinski definition) is 6. The predicted molar refractivity (Wildman–Crippen MR) is 79.5 cm³/mol. The van der Waals surface area contributed by atoms with E-state index in [0.29, 0.717) is 11.5 Å². The highest BCUT2D eigenvalue weighted by Crippen LogP contribution is 2.27. The zero-order valence-electron chi connectivity index (χ0n) is 12.9. The number of esters is 1. The average Bonchev–Trinajstić information content (AvgIpc) is 3.35. The Morgan fingerprint density at radius 2 is 1.83 bits per heavy atom. The second-order valence-corrected chi connectivity index (χ2v) is 4.94. The van der Waals surface area contributed by atoms with Crippen molar-refractivity contribution in [2.75, 3.05) is 20.8 Å². The van der Waals surface area contributed by atoms with Crippen LogP contribution >= 0.6 is 0 Å². The van der Waals surface area contributed by atoms with Crippen molar-refractivity contribution in [3.05, 3.63) is 23.8 Å². The molecule has 8 nitrogen and oxygen atoms in total. The number of imide groups is 1. The van der Waals surface area contributed by atoms with Crippen LogP contribution in [0.4, 0.5) is 4.79 Å². The van der Waals surface area contributed by atoms with Gasteiger partial charge in [0.05, 0.1) is 19.8 Å². The first-order chi connectivity index (χ1) is 11.0. The lowest BCUT2D eigenvalue weighted by Crippen LogP contribution is -2.42. The standard InChI is InChI=1S/C15H18N2O6/c1-21-11-6-3-9(7-12(11)22-2)14(19)23-8-13(18)17-15(20)16-10-4-5-10/h3,6-7,10H,4-5,8H2,1-2H3,(H2,16,17,18,20). The molecule has 0 heterocycles. The lowest BCUT2D eigenvalue weighted by atomic mass is 10.2. The Morgan fingerprint density at radius 1 is 1.13 bits per heavy atom. The summed E-state index contributed by atoms with van der Waals surface area (Å²) in [6.07, 6.45) is 1.83. The second-order valence-electron chi connectivity index (χ2n) is 4.94. The minimum atomic E-state index is -0.705. The Balaban J connectivity index is 1.83. The number of urea groups is 1. The highest BCUT2D eigenvalue weighted by molar-refractivity contribution is 5.97. The van der Waals surface area contributed by atoms with Crippen molar-refractivity contribution < 1.29 is 28.6 Å². The van der Waals surface area contributed by atoms with Crippen molar-refractivity contribution in [2.24, 2.45) is 0 Å². The van der Waals surface area contributed by atoms with Crippen molar-refractivity contribution in [3.8, 4) is 11.5 Å². The fraction of sp³-hybridized carbons (Fsp3) is 0.400. The molecule has 8 heteroatoms. The monoisotopic (exact) mass is 322 g/mol. The van der Waals surface area contributed by atoms with Crippen LogP contribution < -0.4 is 20.1 Å². The average molecular weight is 322 g/mol. The van der Waals surface area contributed by atoms with Gasteiger partial charge in [-0.3, -0.25) is 10.1 Å². The van der Waals surface area contributed by atoms with Gasteiger partial charge in [-0.05, 0) is 31.0 Å². The molecule has 23 heavy (non-hydrogen) atoms. The van der Waals surface area contributed by atoms with E-state index in [1.165, 1.54) is 26.4 Å². The SMILES string of the molecule is COc1ccc(C(=O)OCC(=O)NC(=O)NC2CC2)cc1OC. The Kier molecular flexibility index (Phi) is 5.40. The zero-order chi connectivity index (χ0) is 16.8. The van der Waals surface area contributed by atoms with Gasteiger partial charge in [0.2, 0.25) is 0 Å². The van der Waals surface area contributed by atoms with Gasteiger partial charge in [-0.15, -0.1) is 0 Å². The molecule has 1 aromatic rings. The summed E-state index contributed by atoms with van der Waals surface area (Å²) in [5.41, 5.74) is 0.206. The van der Waals surface area contributed by atoms with Crippen LogP contribution in [-0.4, -0.2) is 44.8 Å². The van der Waals surface area contributed by atoms with E-state index in [1.807, 2.05) is 0 Å². The van der Waals surface area contributed by atoms with Gasteiger partial charge < -0.3 is 19.5 Å². The number of carbonyl (C=O) groups excluding carboxylic acids is 3. The molecule has 1 fully saturated rings. The quantitative estimate of drug-likeness (QED) is 0.753. The molecule has 3 amide bonds. The van der Waals surface area contributed by atoms with Gasteiger partial charge in [-0.2, -0.15) is 0 Å². The third kappa shape index (κ3) is 4.87. The molecule has 2 N–H and O–H groups in total. The zero-order valence-corrected chi connectivity index (χ0v) is 12.9. The molecular formula is C15H18N2O6. The Bertz CT molecular complexity index is 612. The smallest absolute Gasteiger partial charge is 0.338 e. The fourth-order valence-corrected chi connectivity index (χ4v) is 1.79. The molecule has 0 unspecified atom stereocenters. The van der Waals surface area contributed by atoms with Crippen molar-refractivity contribution in [3.63, 3.8) is 0 Å². The number of carbonyl (C=O) groups is 3. The van der Waals surface area contributed by atoms with Crippen LogP contribution in [0.3, 0.4) is 0 Å². The van der Waals surface area contributed by atoms with Crippen LogP contribution in [-0.2, 0) is 9.53 Å². The first kappa shape index (κ1) is 16.6. The molecule has 2 rings (SSSR count). The van der Waals surface area contributed by atoms with Crippen LogP contribution in [0, 0.1) is 0 Å². The summed E-state index contributed by atoms with van der Waals surface area (Å²) in [5, 5.41) is 4.68. The Labute approximate surface area is 133 Å². The van der Waals surface area contributed by atoms with Crippen LogP contribution in [0.2, 0.25) is 0 Å². The molecular weight excluding hydrogens is 304 g/mol. The summed E-state index contributed by atoms with van der Waals surface area (Å²) in [6.45, 7) is -0.550. The van der Waals surface area contributed by atoms with Gasteiger partial charge in [0.25, 0.3) is 5.91 Å². The summed E-state index contributed by atoms with van der Waals surface area (Å²) < 4.78 is 15.0. The number of methoxy groups -OCH3 is 2. The molecule has 1 aliphatic carbocycles. The number of rotatable bonds is 6. The van der Waals surface area contributed by atoms with Crippen LogP contribution in [0.5, 0.6) is 11.5 Å². The molecule has 1 aliphatic rings. The molecule has 0 aromatic heterocycles. The van der Waals surface area contributed by atoms with E-state index in [1.54, 1.807) is 6.07 Å². The van der Waals surface area contributed by atoms with E-state index in [0.717, 1.165) is 12.8 Å². The molecule has 0 radical (unpaired) electrons. The normalized spacial score (nSPS) is 13.0. The van der Waals surface area contributed by atoms with E-state index in [9.17, 15) is 14.4 Å². The summed E-state index contributed by atoms with van der Waals surface area (Å²) in [7, 11) is 2.92. The fourth-order valence-electron chi connectivity index (χ4n) is 1.79. The highest BCUT2D eigenvalue weighted by atomic mass is 16.5. The summed E-state index contributed by atoms with van der Waals surface area (Å²) in [4.78, 5) is 34.8. The molecule has 0 atom stereocenters. The van der Waals surface area contributed by atoms with Gasteiger partial charge >= 0.3 is 12.0 Å². The van der Waals surface area contributed by atoms with E-state index < -0.39 is 24.5 Å².